The Morgan fingerprint density at radius 2 is 1.76 bits per heavy atom. The van der Waals surface area contributed by atoms with Crippen LogP contribution in [0.3, 0.4) is 0 Å². The van der Waals surface area contributed by atoms with Gasteiger partial charge in [0.1, 0.15) is 5.75 Å². The first-order valence-electron chi connectivity index (χ1n) is 7.08. The summed E-state index contributed by atoms with van der Waals surface area (Å²) in [5, 5.41) is 2.91. The Morgan fingerprint density at radius 1 is 1.05 bits per heavy atom. The van der Waals surface area contributed by atoms with Crippen molar-refractivity contribution in [3.8, 4) is 5.75 Å². The van der Waals surface area contributed by atoms with Gasteiger partial charge in [0.05, 0.1) is 0 Å². The molecule has 110 valence electrons. The van der Waals surface area contributed by atoms with Crippen molar-refractivity contribution in [2.24, 2.45) is 0 Å². The van der Waals surface area contributed by atoms with Crippen LogP contribution in [-0.2, 0) is 4.79 Å². The van der Waals surface area contributed by atoms with Gasteiger partial charge in [-0.2, -0.15) is 0 Å². The van der Waals surface area contributed by atoms with Crippen LogP contribution in [-0.4, -0.2) is 12.0 Å². The number of rotatable bonds is 4. The van der Waals surface area contributed by atoms with Crippen molar-refractivity contribution in [3.05, 3.63) is 59.2 Å². The molecule has 0 saturated heterocycles. The smallest absolute Gasteiger partial charge is 0.265 e. The highest BCUT2D eigenvalue weighted by Crippen LogP contribution is 2.20. The number of hydrogen-bond donors (Lipinski definition) is 1. The number of carbonyl (C=O) groups excluding carboxylic acids is 1. The van der Waals surface area contributed by atoms with E-state index in [4.69, 9.17) is 4.74 Å². The van der Waals surface area contributed by atoms with Gasteiger partial charge in [0, 0.05) is 5.69 Å². The molecule has 0 spiro atoms. The van der Waals surface area contributed by atoms with E-state index in [9.17, 15) is 4.79 Å². The molecule has 0 aromatic heterocycles. The third kappa shape index (κ3) is 3.85. The summed E-state index contributed by atoms with van der Waals surface area (Å²) in [6.07, 6.45) is -0.549. The van der Waals surface area contributed by atoms with E-state index < -0.39 is 6.10 Å². The maximum atomic E-state index is 12.2. The molecule has 2 aromatic carbocycles. The Hall–Kier alpha value is -2.29. The minimum absolute atomic E-state index is 0.148. The zero-order valence-electron chi connectivity index (χ0n) is 12.9. The van der Waals surface area contributed by atoms with Crippen molar-refractivity contribution in [1.29, 1.82) is 0 Å². The van der Waals surface area contributed by atoms with Crippen molar-refractivity contribution < 1.29 is 9.53 Å². The average Bonchev–Trinajstić information content (AvgIpc) is 2.44. The molecule has 0 aliphatic carbocycles. The summed E-state index contributed by atoms with van der Waals surface area (Å²) in [5.74, 6) is 0.589. The van der Waals surface area contributed by atoms with E-state index in [1.54, 1.807) is 6.92 Å². The van der Waals surface area contributed by atoms with Crippen LogP contribution in [0.1, 0.15) is 23.6 Å². The lowest BCUT2D eigenvalue weighted by Crippen LogP contribution is -2.30. The SMILES string of the molecule is Cc1ccc(NC(=O)[C@@H](C)Oc2ccccc2C)c(C)c1. The lowest BCUT2D eigenvalue weighted by molar-refractivity contribution is -0.122. The maximum absolute atomic E-state index is 12.2. The van der Waals surface area contributed by atoms with Gasteiger partial charge in [-0.25, -0.2) is 0 Å². The number of amides is 1. The maximum Gasteiger partial charge on any atom is 0.265 e. The number of aryl methyl sites for hydroxylation is 3. The van der Waals surface area contributed by atoms with E-state index in [1.165, 1.54) is 5.56 Å². The monoisotopic (exact) mass is 283 g/mol. The van der Waals surface area contributed by atoms with Gasteiger partial charge in [-0.15, -0.1) is 0 Å². The molecule has 0 saturated carbocycles. The van der Waals surface area contributed by atoms with Crippen molar-refractivity contribution >= 4 is 11.6 Å². The highest BCUT2D eigenvalue weighted by molar-refractivity contribution is 5.94. The Balaban J connectivity index is 2.04. The highest BCUT2D eigenvalue weighted by atomic mass is 16.5. The third-order valence-corrected chi connectivity index (χ3v) is 3.41. The minimum atomic E-state index is -0.549. The van der Waals surface area contributed by atoms with Crippen molar-refractivity contribution in [2.75, 3.05) is 5.32 Å². The summed E-state index contributed by atoms with van der Waals surface area (Å²) in [6, 6.07) is 13.6. The van der Waals surface area contributed by atoms with Gasteiger partial charge < -0.3 is 10.1 Å². The molecule has 2 aromatic rings. The molecule has 3 nitrogen and oxygen atoms in total. The summed E-state index contributed by atoms with van der Waals surface area (Å²) in [5.41, 5.74) is 4.07. The number of hydrogen-bond acceptors (Lipinski definition) is 2. The predicted octanol–water partition coefficient (Wildman–Crippen LogP) is 4.02. The number of para-hydroxylation sites is 1. The highest BCUT2D eigenvalue weighted by Gasteiger charge is 2.16. The molecule has 0 unspecified atom stereocenters. The van der Waals surface area contributed by atoms with Crippen LogP contribution >= 0.6 is 0 Å². The van der Waals surface area contributed by atoms with Crippen molar-refractivity contribution in [1.82, 2.24) is 0 Å². The van der Waals surface area contributed by atoms with Crippen LogP contribution in [0.15, 0.2) is 42.5 Å². The fraction of sp³-hybridized carbons (Fsp3) is 0.278. The van der Waals surface area contributed by atoms with E-state index >= 15 is 0 Å². The Bertz CT molecular complexity index is 649. The predicted molar refractivity (Wildman–Crippen MR) is 85.8 cm³/mol. The normalized spacial score (nSPS) is 11.8. The van der Waals surface area contributed by atoms with E-state index in [-0.39, 0.29) is 5.91 Å². The van der Waals surface area contributed by atoms with E-state index in [2.05, 4.69) is 5.32 Å². The molecular formula is C18H21NO2. The lowest BCUT2D eigenvalue weighted by atomic mass is 10.1. The number of nitrogens with one attached hydrogen (secondary N) is 1. The van der Waals surface area contributed by atoms with Gasteiger partial charge in [-0.3, -0.25) is 4.79 Å². The Kier molecular flexibility index (Phi) is 4.63. The largest absolute Gasteiger partial charge is 0.481 e. The Morgan fingerprint density at radius 3 is 2.43 bits per heavy atom. The summed E-state index contributed by atoms with van der Waals surface area (Å²) in [4.78, 5) is 12.2. The van der Waals surface area contributed by atoms with Gasteiger partial charge in [0.15, 0.2) is 6.10 Å². The summed E-state index contributed by atoms with van der Waals surface area (Å²) in [6.45, 7) is 7.73. The van der Waals surface area contributed by atoms with Gasteiger partial charge >= 0.3 is 0 Å². The molecule has 1 atom stereocenters. The fourth-order valence-corrected chi connectivity index (χ4v) is 2.12. The fourth-order valence-electron chi connectivity index (χ4n) is 2.12. The van der Waals surface area contributed by atoms with Crippen molar-refractivity contribution in [3.63, 3.8) is 0 Å². The van der Waals surface area contributed by atoms with E-state index in [1.807, 2.05) is 63.2 Å². The van der Waals surface area contributed by atoms with Crippen LogP contribution in [0.2, 0.25) is 0 Å². The first-order valence-corrected chi connectivity index (χ1v) is 7.08. The van der Waals surface area contributed by atoms with Crippen LogP contribution in [0, 0.1) is 20.8 Å². The molecular weight excluding hydrogens is 262 g/mol. The summed E-state index contributed by atoms with van der Waals surface area (Å²) in [7, 11) is 0. The minimum Gasteiger partial charge on any atom is -0.481 e. The van der Waals surface area contributed by atoms with Crippen LogP contribution in [0.25, 0.3) is 0 Å². The molecule has 0 bridgehead atoms. The molecule has 21 heavy (non-hydrogen) atoms. The Labute approximate surface area is 126 Å². The summed E-state index contributed by atoms with van der Waals surface area (Å²) >= 11 is 0. The molecule has 3 heteroatoms. The molecule has 0 fully saturated rings. The van der Waals surface area contributed by atoms with Gasteiger partial charge in [-0.1, -0.05) is 35.9 Å². The van der Waals surface area contributed by atoms with Crippen LogP contribution in [0.5, 0.6) is 5.75 Å². The molecule has 1 N–H and O–H groups in total. The lowest BCUT2D eigenvalue weighted by Gasteiger charge is -2.17. The van der Waals surface area contributed by atoms with Crippen LogP contribution in [0.4, 0.5) is 5.69 Å². The molecule has 2 rings (SSSR count). The van der Waals surface area contributed by atoms with E-state index in [0.29, 0.717) is 0 Å². The third-order valence-electron chi connectivity index (χ3n) is 3.41. The van der Waals surface area contributed by atoms with Gasteiger partial charge in [-0.05, 0) is 51.0 Å². The first kappa shape index (κ1) is 15.1. The van der Waals surface area contributed by atoms with Gasteiger partial charge in [0.25, 0.3) is 5.91 Å². The molecule has 0 heterocycles. The second-order valence-corrected chi connectivity index (χ2v) is 5.33. The zero-order chi connectivity index (χ0) is 15.4. The zero-order valence-corrected chi connectivity index (χ0v) is 12.9. The molecule has 0 radical (unpaired) electrons. The van der Waals surface area contributed by atoms with Crippen molar-refractivity contribution in [2.45, 2.75) is 33.8 Å². The quantitative estimate of drug-likeness (QED) is 0.920. The number of carbonyl (C=O) groups is 1. The second kappa shape index (κ2) is 6.44. The van der Waals surface area contributed by atoms with Gasteiger partial charge in [0.2, 0.25) is 0 Å². The topological polar surface area (TPSA) is 38.3 Å². The summed E-state index contributed by atoms with van der Waals surface area (Å²) < 4.78 is 5.73. The number of anilines is 1. The molecule has 0 aliphatic heterocycles. The number of ether oxygens (including phenoxy) is 1. The van der Waals surface area contributed by atoms with Crippen LogP contribution < -0.4 is 10.1 Å². The first-order chi connectivity index (χ1) is 9.97. The standard InChI is InChI=1S/C18H21NO2/c1-12-9-10-16(14(3)11-12)19-18(20)15(4)21-17-8-6-5-7-13(17)2/h5-11,15H,1-4H3,(H,19,20)/t15-/m1/s1. The average molecular weight is 283 g/mol. The van der Waals surface area contributed by atoms with E-state index in [0.717, 1.165) is 22.6 Å². The second-order valence-electron chi connectivity index (χ2n) is 5.33. The number of benzene rings is 2. The molecule has 0 aliphatic rings. The molecule has 1 amide bonds.